The minimum Gasteiger partial charge on any atom is -0.389 e. The highest BCUT2D eigenvalue weighted by Gasteiger charge is 1.53. The molecule has 1 N–H and O–H groups in total. The van der Waals surface area contributed by atoms with Gasteiger partial charge in [0.05, 0.1) is 6.61 Å². The van der Waals surface area contributed by atoms with Gasteiger partial charge in [0.25, 0.3) is 0 Å². The highest BCUT2D eigenvalue weighted by atomic mass is 16.3. The number of hydrogen-bond donors (Lipinski definition) is 1. The van der Waals surface area contributed by atoms with E-state index in [0.717, 1.165) is 6.29 Å². The molecule has 0 rings (SSSR count). The van der Waals surface area contributed by atoms with Gasteiger partial charge in [-0.25, -0.2) is 0 Å². The zero-order chi connectivity index (χ0) is 6.83. The minimum absolute atomic E-state index is 0.361. The first-order valence-electron chi connectivity index (χ1n) is 2.31. The number of carbonyl (C=O) groups is 2. The van der Waals surface area contributed by atoms with E-state index >= 15 is 0 Å². The number of rotatable bonds is 2. The van der Waals surface area contributed by atoms with Crippen molar-refractivity contribution in [3.05, 3.63) is 0 Å². The highest BCUT2D eigenvalue weighted by Crippen LogP contribution is 1.53. The summed E-state index contributed by atoms with van der Waals surface area (Å²) in [6.45, 7) is 1.45. The molecule has 0 aromatic carbocycles. The van der Waals surface area contributed by atoms with Crippen LogP contribution >= 0.6 is 0 Å². The van der Waals surface area contributed by atoms with Crippen molar-refractivity contribution >= 4 is 12.6 Å². The molecule has 0 bridgehead atoms. The van der Waals surface area contributed by atoms with E-state index in [1.165, 1.54) is 0 Å². The zero-order valence-electron chi connectivity index (χ0n) is 4.83. The van der Waals surface area contributed by atoms with Gasteiger partial charge in [-0.2, -0.15) is 0 Å². The standard InChI is InChI=1S/C3H6O.C2H4O2/c1-2-3-4;3-1-2-4/h3H,2H2,1H3;1,4H,2H2. The van der Waals surface area contributed by atoms with Gasteiger partial charge in [0.15, 0.2) is 0 Å². The maximum atomic E-state index is 9.17. The molecule has 0 aromatic rings. The average molecular weight is 118 g/mol. The molecule has 8 heavy (non-hydrogen) atoms. The van der Waals surface area contributed by atoms with Gasteiger partial charge in [-0.1, -0.05) is 6.92 Å². The molecule has 3 heteroatoms. The van der Waals surface area contributed by atoms with Crippen molar-refractivity contribution in [3.8, 4) is 0 Å². The van der Waals surface area contributed by atoms with Crippen molar-refractivity contribution in [2.45, 2.75) is 13.3 Å². The lowest BCUT2D eigenvalue weighted by atomic mass is 10.6. The van der Waals surface area contributed by atoms with Gasteiger partial charge in [0.1, 0.15) is 12.6 Å². The first-order valence-corrected chi connectivity index (χ1v) is 2.31. The Labute approximate surface area is 48.3 Å². The third-order valence-electron chi connectivity index (χ3n) is 0.241. The van der Waals surface area contributed by atoms with Crippen LogP contribution in [0.4, 0.5) is 0 Å². The van der Waals surface area contributed by atoms with Gasteiger partial charge in [-0.05, 0) is 0 Å². The maximum absolute atomic E-state index is 9.17. The first-order chi connectivity index (χ1) is 3.83. The van der Waals surface area contributed by atoms with E-state index in [9.17, 15) is 4.79 Å². The Balaban J connectivity index is 0. The number of aldehydes is 2. The quantitative estimate of drug-likeness (QED) is 0.510. The molecule has 0 fully saturated rings. The second kappa shape index (κ2) is 16.3. The number of carbonyl (C=O) groups excluding carboxylic acids is 2. The molecular weight excluding hydrogens is 108 g/mol. The van der Waals surface area contributed by atoms with Crippen molar-refractivity contribution in [2.75, 3.05) is 6.61 Å². The molecule has 0 heterocycles. The summed E-state index contributed by atoms with van der Waals surface area (Å²) in [6, 6.07) is 0. The predicted molar refractivity (Wildman–Crippen MR) is 29.5 cm³/mol. The molecule has 3 nitrogen and oxygen atoms in total. The van der Waals surface area contributed by atoms with E-state index in [1.54, 1.807) is 0 Å². The second-order valence-electron chi connectivity index (χ2n) is 0.924. The van der Waals surface area contributed by atoms with Crippen LogP contribution in [0.15, 0.2) is 0 Å². The molecule has 0 saturated heterocycles. The topological polar surface area (TPSA) is 54.4 Å². The Morgan fingerprint density at radius 3 is 1.62 bits per heavy atom. The molecule has 48 valence electrons. The molecule has 0 aliphatic heterocycles. The van der Waals surface area contributed by atoms with Gasteiger partial charge in [0.2, 0.25) is 0 Å². The summed E-state index contributed by atoms with van der Waals surface area (Å²) in [4.78, 5) is 18.1. The average Bonchev–Trinajstić information content (AvgIpc) is 1.88. The lowest BCUT2D eigenvalue weighted by molar-refractivity contribution is -0.110. The van der Waals surface area contributed by atoms with Crippen molar-refractivity contribution in [3.63, 3.8) is 0 Å². The summed E-state index contributed by atoms with van der Waals surface area (Å²) in [7, 11) is 0. The predicted octanol–water partition coefficient (Wildman–Crippen LogP) is -0.227. The largest absolute Gasteiger partial charge is 0.389 e. The third-order valence-corrected chi connectivity index (χ3v) is 0.241. The summed E-state index contributed by atoms with van der Waals surface area (Å²) in [5.74, 6) is 0. The third kappa shape index (κ3) is 58.0. The summed E-state index contributed by atoms with van der Waals surface area (Å²) in [5.41, 5.74) is 0. The SMILES string of the molecule is CCC=O.O=CCO. The molecule has 0 aromatic heterocycles. The monoisotopic (exact) mass is 118 g/mol. The Bertz CT molecular complexity index is 43.6. The molecule has 0 saturated carbocycles. The fourth-order valence-corrected chi connectivity index (χ4v) is 0. The zero-order valence-corrected chi connectivity index (χ0v) is 4.83. The Hall–Kier alpha value is -0.700. The van der Waals surface area contributed by atoms with Gasteiger partial charge in [-0.15, -0.1) is 0 Å². The molecule has 0 spiro atoms. The van der Waals surface area contributed by atoms with Crippen LogP contribution in [0.1, 0.15) is 13.3 Å². The normalized spacial score (nSPS) is 6.25. The second-order valence-corrected chi connectivity index (χ2v) is 0.924. The van der Waals surface area contributed by atoms with E-state index < -0.39 is 0 Å². The Kier molecular flexibility index (Phi) is 21.0. The highest BCUT2D eigenvalue weighted by molar-refractivity contribution is 5.49. The first kappa shape index (κ1) is 10.3. The Morgan fingerprint density at radius 1 is 1.38 bits per heavy atom. The molecule has 0 amide bonds. The van der Waals surface area contributed by atoms with Crippen molar-refractivity contribution in [1.82, 2.24) is 0 Å². The van der Waals surface area contributed by atoms with Crippen molar-refractivity contribution in [1.29, 1.82) is 0 Å². The lowest BCUT2D eigenvalue weighted by Crippen LogP contribution is -1.75. The summed E-state index contributed by atoms with van der Waals surface area (Å²) in [6.07, 6.45) is 1.94. The van der Waals surface area contributed by atoms with Crippen LogP contribution in [0.5, 0.6) is 0 Å². The van der Waals surface area contributed by atoms with E-state index in [-0.39, 0.29) is 6.61 Å². The fourth-order valence-electron chi connectivity index (χ4n) is 0. The lowest BCUT2D eigenvalue weighted by Gasteiger charge is -1.54. The molecule has 0 atom stereocenters. The fraction of sp³-hybridized carbons (Fsp3) is 0.600. The molecule has 0 aliphatic carbocycles. The van der Waals surface area contributed by atoms with Gasteiger partial charge in [-0.3, -0.25) is 0 Å². The number of aliphatic hydroxyl groups is 1. The van der Waals surface area contributed by atoms with Crippen molar-refractivity contribution < 1.29 is 14.7 Å². The maximum Gasteiger partial charge on any atom is 0.145 e. The molecular formula is C5H10O3. The molecule has 0 unspecified atom stereocenters. The van der Waals surface area contributed by atoms with E-state index in [0.29, 0.717) is 12.7 Å². The molecule has 0 radical (unpaired) electrons. The van der Waals surface area contributed by atoms with Gasteiger partial charge >= 0.3 is 0 Å². The van der Waals surface area contributed by atoms with E-state index in [1.807, 2.05) is 6.92 Å². The van der Waals surface area contributed by atoms with E-state index in [4.69, 9.17) is 9.90 Å². The van der Waals surface area contributed by atoms with Gasteiger partial charge in [0, 0.05) is 6.42 Å². The molecule has 0 aliphatic rings. The van der Waals surface area contributed by atoms with Crippen LogP contribution in [0.2, 0.25) is 0 Å². The minimum atomic E-state index is -0.361. The van der Waals surface area contributed by atoms with Gasteiger partial charge < -0.3 is 14.7 Å². The smallest absolute Gasteiger partial charge is 0.145 e. The number of hydrogen-bond acceptors (Lipinski definition) is 3. The van der Waals surface area contributed by atoms with Crippen LogP contribution in [0.25, 0.3) is 0 Å². The van der Waals surface area contributed by atoms with Crippen LogP contribution < -0.4 is 0 Å². The van der Waals surface area contributed by atoms with Crippen LogP contribution in [-0.2, 0) is 9.59 Å². The number of aliphatic hydroxyl groups excluding tert-OH is 1. The van der Waals surface area contributed by atoms with Crippen LogP contribution in [0, 0.1) is 0 Å². The van der Waals surface area contributed by atoms with Crippen LogP contribution in [0.3, 0.4) is 0 Å². The Morgan fingerprint density at radius 2 is 1.62 bits per heavy atom. The summed E-state index contributed by atoms with van der Waals surface area (Å²) >= 11 is 0. The van der Waals surface area contributed by atoms with E-state index in [2.05, 4.69) is 0 Å². The summed E-state index contributed by atoms with van der Waals surface area (Å²) < 4.78 is 0. The van der Waals surface area contributed by atoms with Crippen molar-refractivity contribution in [2.24, 2.45) is 0 Å². The van der Waals surface area contributed by atoms with Crippen LogP contribution in [-0.4, -0.2) is 24.3 Å². The summed E-state index contributed by atoms with van der Waals surface area (Å²) in [5, 5.41) is 7.51.